The molecule has 194 valence electrons. The first kappa shape index (κ1) is 28.7. The lowest BCUT2D eigenvalue weighted by molar-refractivity contribution is 0.0953. The molecule has 2 N–H and O–H groups in total. The lowest BCUT2D eigenvalue weighted by Crippen LogP contribution is -2.24. The zero-order valence-electron chi connectivity index (χ0n) is 21.9. The maximum absolute atomic E-state index is 12.3. The van der Waals surface area contributed by atoms with Crippen LogP contribution in [0.5, 0.6) is 17.2 Å². The average molecular weight is 482 g/mol. The van der Waals surface area contributed by atoms with Gasteiger partial charge < -0.3 is 15.2 Å². The highest BCUT2D eigenvalue weighted by Crippen LogP contribution is 2.23. The summed E-state index contributed by atoms with van der Waals surface area (Å²) in [5.74, 6) is 1.46. The molecule has 4 nitrogen and oxygen atoms in total. The van der Waals surface area contributed by atoms with Gasteiger partial charge in [0.05, 0.1) is 0 Å². The van der Waals surface area contributed by atoms with Gasteiger partial charge in [-0.05, 0) is 55.0 Å². The number of ether oxygens (including phenoxy) is 1. The second-order valence-corrected chi connectivity index (χ2v) is 9.68. The molecule has 0 radical (unpaired) electrons. The fourth-order valence-corrected chi connectivity index (χ4v) is 4.30. The van der Waals surface area contributed by atoms with Crippen molar-refractivity contribution in [1.82, 2.24) is 5.32 Å². The molecule has 0 saturated carbocycles. The topological polar surface area (TPSA) is 58.6 Å². The van der Waals surface area contributed by atoms with Crippen LogP contribution in [0.15, 0.2) is 48.5 Å². The van der Waals surface area contributed by atoms with E-state index in [2.05, 4.69) is 12.2 Å². The van der Waals surface area contributed by atoms with Gasteiger partial charge in [0.1, 0.15) is 17.2 Å². The van der Waals surface area contributed by atoms with E-state index >= 15 is 0 Å². The number of hydrogen-bond acceptors (Lipinski definition) is 3. The zero-order chi connectivity index (χ0) is 25.0. The molecule has 0 spiro atoms. The molecule has 0 bridgehead atoms. The van der Waals surface area contributed by atoms with Gasteiger partial charge in [0, 0.05) is 12.1 Å². The molecule has 0 aliphatic rings. The van der Waals surface area contributed by atoms with Crippen molar-refractivity contribution in [2.24, 2.45) is 0 Å². The van der Waals surface area contributed by atoms with Crippen LogP contribution in [0.3, 0.4) is 0 Å². The normalized spacial score (nSPS) is 10.9. The van der Waals surface area contributed by atoms with Crippen molar-refractivity contribution in [1.29, 1.82) is 0 Å². The molecule has 0 aliphatic heterocycles. The Labute approximate surface area is 213 Å². The third-order valence-electron chi connectivity index (χ3n) is 6.50. The number of benzene rings is 2. The molecular formula is C31H47NO3. The average Bonchev–Trinajstić information content (AvgIpc) is 2.87. The van der Waals surface area contributed by atoms with E-state index in [9.17, 15) is 9.90 Å². The first-order chi connectivity index (χ1) is 17.2. The van der Waals surface area contributed by atoms with Gasteiger partial charge >= 0.3 is 0 Å². The largest absolute Gasteiger partial charge is 0.508 e. The van der Waals surface area contributed by atoms with Gasteiger partial charge in [-0.25, -0.2) is 0 Å². The van der Waals surface area contributed by atoms with E-state index < -0.39 is 0 Å². The van der Waals surface area contributed by atoms with Gasteiger partial charge in [0.25, 0.3) is 5.91 Å². The Balaban J connectivity index is 1.40. The van der Waals surface area contributed by atoms with Crippen LogP contribution in [-0.4, -0.2) is 17.6 Å². The fraction of sp³-hybridized carbons (Fsp3) is 0.581. The highest BCUT2D eigenvalue weighted by atomic mass is 16.5. The van der Waals surface area contributed by atoms with E-state index in [1.165, 1.54) is 96.3 Å². The number of carbonyl (C=O) groups is 1. The SMILES string of the molecule is CCCCCCCCCCCCCCCCCCNC(=O)c1ccc(Oc2ccc(O)cc2)cc1. The summed E-state index contributed by atoms with van der Waals surface area (Å²) < 4.78 is 5.72. The Morgan fingerprint density at radius 3 is 1.49 bits per heavy atom. The summed E-state index contributed by atoms with van der Waals surface area (Å²) in [5.41, 5.74) is 0.638. The predicted molar refractivity (Wildman–Crippen MR) is 147 cm³/mol. The molecule has 4 heteroatoms. The number of phenols is 1. The lowest BCUT2D eigenvalue weighted by Gasteiger charge is -2.08. The molecule has 0 heterocycles. The number of amides is 1. The van der Waals surface area contributed by atoms with Crippen LogP contribution in [0.4, 0.5) is 0 Å². The Kier molecular flexibility index (Phi) is 15.4. The number of phenolic OH excluding ortho intramolecular Hbond substituents is 1. The quantitative estimate of drug-likeness (QED) is 0.185. The maximum atomic E-state index is 12.3. The summed E-state index contributed by atoms with van der Waals surface area (Å²) in [5, 5.41) is 12.4. The molecule has 0 saturated heterocycles. The first-order valence-corrected chi connectivity index (χ1v) is 14.0. The van der Waals surface area contributed by atoms with Gasteiger partial charge in [0.15, 0.2) is 0 Å². The summed E-state index contributed by atoms with van der Waals surface area (Å²) in [6, 6.07) is 13.7. The minimum atomic E-state index is -0.0397. The number of carbonyl (C=O) groups excluding carboxylic acids is 1. The van der Waals surface area contributed by atoms with Crippen molar-refractivity contribution < 1.29 is 14.6 Å². The first-order valence-electron chi connectivity index (χ1n) is 14.0. The molecule has 1 amide bonds. The van der Waals surface area contributed by atoms with Crippen molar-refractivity contribution in [3.8, 4) is 17.2 Å². The Morgan fingerprint density at radius 2 is 1.03 bits per heavy atom. The molecule has 0 aliphatic carbocycles. The number of nitrogens with one attached hydrogen (secondary N) is 1. The van der Waals surface area contributed by atoms with Crippen LogP contribution in [0.25, 0.3) is 0 Å². The number of aromatic hydroxyl groups is 1. The summed E-state index contributed by atoms with van der Waals surface area (Å²) in [6.07, 6.45) is 21.6. The molecular weight excluding hydrogens is 434 g/mol. The van der Waals surface area contributed by atoms with Crippen LogP contribution < -0.4 is 10.1 Å². The van der Waals surface area contributed by atoms with Gasteiger partial charge in [-0.3, -0.25) is 4.79 Å². The zero-order valence-corrected chi connectivity index (χ0v) is 21.9. The summed E-state index contributed by atoms with van der Waals surface area (Å²) in [6.45, 7) is 3.00. The van der Waals surface area contributed by atoms with Crippen LogP contribution in [0.1, 0.15) is 120 Å². The number of unbranched alkanes of at least 4 members (excludes halogenated alkanes) is 15. The van der Waals surface area contributed by atoms with E-state index in [0.29, 0.717) is 17.1 Å². The van der Waals surface area contributed by atoms with Crippen molar-refractivity contribution in [2.75, 3.05) is 6.54 Å². The highest BCUT2D eigenvalue weighted by Gasteiger charge is 2.05. The number of hydrogen-bond donors (Lipinski definition) is 2. The van der Waals surface area contributed by atoms with Crippen molar-refractivity contribution >= 4 is 5.91 Å². The van der Waals surface area contributed by atoms with Crippen LogP contribution in [0, 0.1) is 0 Å². The molecule has 2 rings (SSSR count). The van der Waals surface area contributed by atoms with Gasteiger partial charge in [0.2, 0.25) is 0 Å². The van der Waals surface area contributed by atoms with Crippen molar-refractivity contribution in [3.63, 3.8) is 0 Å². The van der Waals surface area contributed by atoms with Crippen LogP contribution >= 0.6 is 0 Å². The van der Waals surface area contributed by atoms with Gasteiger partial charge in [-0.2, -0.15) is 0 Å². The van der Waals surface area contributed by atoms with Crippen LogP contribution in [0.2, 0.25) is 0 Å². The van der Waals surface area contributed by atoms with Crippen LogP contribution in [-0.2, 0) is 0 Å². The minimum Gasteiger partial charge on any atom is -0.508 e. The number of rotatable bonds is 20. The Morgan fingerprint density at radius 1 is 0.629 bits per heavy atom. The minimum absolute atomic E-state index is 0.0397. The van der Waals surface area contributed by atoms with E-state index in [-0.39, 0.29) is 11.7 Å². The summed E-state index contributed by atoms with van der Waals surface area (Å²) in [7, 11) is 0. The Hall–Kier alpha value is -2.49. The molecule has 0 fully saturated rings. The van der Waals surface area contributed by atoms with E-state index in [1.54, 1.807) is 48.5 Å². The van der Waals surface area contributed by atoms with Crippen molar-refractivity contribution in [3.05, 3.63) is 54.1 Å². The Bertz CT molecular complexity index is 786. The molecule has 2 aromatic rings. The molecule has 35 heavy (non-hydrogen) atoms. The predicted octanol–water partition coefficient (Wildman–Crippen LogP) is 9.18. The second-order valence-electron chi connectivity index (χ2n) is 9.68. The summed E-state index contributed by atoms with van der Waals surface area (Å²) >= 11 is 0. The monoisotopic (exact) mass is 481 g/mol. The van der Waals surface area contributed by atoms with E-state index in [4.69, 9.17) is 4.74 Å². The highest BCUT2D eigenvalue weighted by molar-refractivity contribution is 5.94. The molecule has 0 atom stereocenters. The smallest absolute Gasteiger partial charge is 0.251 e. The lowest BCUT2D eigenvalue weighted by atomic mass is 10.0. The van der Waals surface area contributed by atoms with E-state index in [1.807, 2.05) is 0 Å². The fourth-order valence-electron chi connectivity index (χ4n) is 4.30. The summed E-state index contributed by atoms with van der Waals surface area (Å²) in [4.78, 5) is 12.3. The molecule has 2 aromatic carbocycles. The van der Waals surface area contributed by atoms with Gasteiger partial charge in [-0.15, -0.1) is 0 Å². The second kappa shape index (κ2) is 18.8. The third-order valence-corrected chi connectivity index (χ3v) is 6.50. The third kappa shape index (κ3) is 13.9. The molecule has 0 aromatic heterocycles. The molecule has 0 unspecified atom stereocenters. The van der Waals surface area contributed by atoms with Crippen molar-refractivity contribution in [2.45, 2.75) is 110 Å². The van der Waals surface area contributed by atoms with E-state index in [0.717, 1.165) is 13.0 Å². The van der Waals surface area contributed by atoms with Gasteiger partial charge in [-0.1, -0.05) is 103 Å². The maximum Gasteiger partial charge on any atom is 0.251 e. The standard InChI is InChI=1S/C31H47NO3/c1-2-3-4-5-6-7-8-9-10-11-12-13-14-15-16-17-26-32-31(34)27-18-22-29(23-19-27)35-30-24-20-28(33)21-25-30/h18-25,33H,2-17,26H2,1H3,(H,32,34).